The Kier molecular flexibility index (Phi) is 15.4. The third-order valence-electron chi connectivity index (χ3n) is 5.75. The quantitative estimate of drug-likeness (QED) is 0.206. The fourth-order valence-electron chi connectivity index (χ4n) is 3.68. The van der Waals surface area contributed by atoms with Crippen molar-refractivity contribution in [1.82, 2.24) is 0 Å². The van der Waals surface area contributed by atoms with Crippen molar-refractivity contribution in [3.63, 3.8) is 0 Å². The first-order valence-corrected chi connectivity index (χ1v) is 11.2. The van der Waals surface area contributed by atoms with Gasteiger partial charge in [-0.05, 0) is 50.9 Å². The van der Waals surface area contributed by atoms with Crippen LogP contribution in [-0.2, 0) is 0 Å². The van der Waals surface area contributed by atoms with Crippen LogP contribution in [0.5, 0.6) is 0 Å². The van der Waals surface area contributed by atoms with Gasteiger partial charge in [0.15, 0.2) is 0 Å². The monoisotopic (exact) mass is 405 g/mol. The molecule has 0 rings (SSSR count). The van der Waals surface area contributed by atoms with Gasteiger partial charge in [0.25, 0.3) is 0 Å². The smallest absolute Gasteiger partial charge is 0.0824 e. The van der Waals surface area contributed by atoms with Crippen LogP contribution >= 0.6 is 0 Å². The normalized spacial score (nSPS) is 20.8. The second-order valence-corrected chi connectivity index (χ2v) is 9.01. The Morgan fingerprint density at radius 3 is 1.71 bits per heavy atom. The van der Waals surface area contributed by atoms with Crippen molar-refractivity contribution in [1.29, 1.82) is 0 Å². The lowest BCUT2D eigenvalue weighted by Gasteiger charge is -2.26. The van der Waals surface area contributed by atoms with Crippen molar-refractivity contribution >= 4 is 0 Å². The zero-order valence-corrected chi connectivity index (χ0v) is 18.5. The molecular formula is C22H47NO5. The second-order valence-electron chi connectivity index (χ2n) is 9.01. The summed E-state index contributed by atoms with van der Waals surface area (Å²) in [6.07, 6.45) is 4.10. The maximum atomic E-state index is 10.3. The number of nitrogens with two attached hydrogens (primary N) is 1. The SMILES string of the molecule is CCCC[C@H](C)[C@H](O)[C@H](O)C[C@H](C)C[C@@H](O)CCCC[C@H](O)C[C@@H](O)[C@@H](C)N. The minimum absolute atomic E-state index is 0.0827. The van der Waals surface area contributed by atoms with Crippen LogP contribution in [0.3, 0.4) is 0 Å². The van der Waals surface area contributed by atoms with E-state index < -0.39 is 30.5 Å². The molecule has 0 saturated heterocycles. The largest absolute Gasteiger partial charge is 0.393 e. The molecule has 0 aliphatic heterocycles. The van der Waals surface area contributed by atoms with Crippen LogP contribution < -0.4 is 5.73 Å². The molecule has 0 unspecified atom stereocenters. The lowest BCUT2D eigenvalue weighted by molar-refractivity contribution is -0.0288. The topological polar surface area (TPSA) is 127 Å². The second kappa shape index (κ2) is 15.6. The minimum atomic E-state index is -0.749. The van der Waals surface area contributed by atoms with Gasteiger partial charge in [-0.25, -0.2) is 0 Å². The van der Waals surface area contributed by atoms with Crippen molar-refractivity contribution in [2.45, 2.75) is 128 Å². The van der Waals surface area contributed by atoms with Gasteiger partial charge in [-0.2, -0.15) is 0 Å². The number of hydrogen-bond donors (Lipinski definition) is 6. The van der Waals surface area contributed by atoms with E-state index in [1.54, 1.807) is 6.92 Å². The minimum Gasteiger partial charge on any atom is -0.393 e. The molecule has 6 heteroatoms. The van der Waals surface area contributed by atoms with Crippen molar-refractivity contribution in [2.75, 3.05) is 0 Å². The lowest BCUT2D eigenvalue weighted by atomic mass is 9.88. The maximum absolute atomic E-state index is 10.3. The first-order chi connectivity index (χ1) is 13.1. The van der Waals surface area contributed by atoms with E-state index in [1.807, 2.05) is 13.8 Å². The van der Waals surface area contributed by atoms with Gasteiger partial charge in [-0.3, -0.25) is 0 Å². The van der Waals surface area contributed by atoms with Crippen LogP contribution in [0.1, 0.15) is 91.9 Å². The van der Waals surface area contributed by atoms with Crippen molar-refractivity contribution < 1.29 is 25.5 Å². The van der Waals surface area contributed by atoms with E-state index in [4.69, 9.17) is 5.73 Å². The van der Waals surface area contributed by atoms with Crippen molar-refractivity contribution in [3.05, 3.63) is 0 Å². The Morgan fingerprint density at radius 2 is 1.21 bits per heavy atom. The molecule has 0 bridgehead atoms. The molecule has 0 heterocycles. The summed E-state index contributed by atoms with van der Waals surface area (Å²) < 4.78 is 0. The van der Waals surface area contributed by atoms with E-state index in [2.05, 4.69) is 6.92 Å². The predicted molar refractivity (Wildman–Crippen MR) is 114 cm³/mol. The number of aliphatic hydroxyl groups is 5. The molecule has 0 aliphatic carbocycles. The molecule has 0 spiro atoms. The zero-order chi connectivity index (χ0) is 21.7. The summed E-state index contributed by atoms with van der Waals surface area (Å²) in [6, 6.07) is -0.346. The van der Waals surface area contributed by atoms with Crippen molar-refractivity contribution in [2.24, 2.45) is 17.6 Å². The molecule has 170 valence electrons. The van der Waals surface area contributed by atoms with Gasteiger partial charge in [0.05, 0.1) is 30.5 Å². The molecule has 0 aromatic carbocycles. The summed E-state index contributed by atoms with van der Waals surface area (Å²) in [6.45, 7) is 7.81. The molecule has 0 aromatic heterocycles. The van der Waals surface area contributed by atoms with E-state index in [9.17, 15) is 25.5 Å². The number of hydrogen-bond acceptors (Lipinski definition) is 6. The number of aliphatic hydroxyl groups excluding tert-OH is 5. The molecular weight excluding hydrogens is 358 g/mol. The fraction of sp³-hybridized carbons (Fsp3) is 1.00. The van der Waals surface area contributed by atoms with E-state index in [-0.39, 0.29) is 24.3 Å². The summed E-state index contributed by atoms with van der Waals surface area (Å²) in [5.74, 6) is 0.212. The molecule has 7 N–H and O–H groups in total. The summed E-state index contributed by atoms with van der Waals surface area (Å²) in [5.41, 5.74) is 5.59. The van der Waals surface area contributed by atoms with Gasteiger partial charge in [-0.1, -0.05) is 46.5 Å². The van der Waals surface area contributed by atoms with Gasteiger partial charge in [0, 0.05) is 12.5 Å². The average Bonchev–Trinajstić information content (AvgIpc) is 2.62. The molecule has 0 saturated carbocycles. The standard InChI is InChI=1S/C22H47NO5/c1-5-6-9-16(3)22(28)21(27)13-15(2)12-18(24)10-7-8-11-19(25)14-20(26)17(4)23/h15-22,24-28H,5-14,23H2,1-4H3/t15-,16+,17-,18+,19+,20-,21-,22+/m1/s1. The number of rotatable bonds is 17. The molecule has 0 fully saturated rings. The van der Waals surface area contributed by atoms with Gasteiger partial charge < -0.3 is 31.3 Å². The summed E-state index contributed by atoms with van der Waals surface area (Å²) in [5, 5.41) is 50.3. The van der Waals surface area contributed by atoms with Gasteiger partial charge >= 0.3 is 0 Å². The zero-order valence-electron chi connectivity index (χ0n) is 18.5. The maximum Gasteiger partial charge on any atom is 0.0824 e. The van der Waals surface area contributed by atoms with E-state index in [1.165, 1.54) is 0 Å². The van der Waals surface area contributed by atoms with Crippen LogP contribution in [-0.4, -0.2) is 62.1 Å². The third kappa shape index (κ3) is 13.1. The number of unbranched alkanes of at least 4 members (excludes halogenated alkanes) is 2. The first kappa shape index (κ1) is 27.8. The highest BCUT2D eigenvalue weighted by Crippen LogP contribution is 2.22. The highest BCUT2D eigenvalue weighted by molar-refractivity contribution is 4.76. The fourth-order valence-corrected chi connectivity index (χ4v) is 3.68. The van der Waals surface area contributed by atoms with Crippen molar-refractivity contribution in [3.8, 4) is 0 Å². The highest BCUT2D eigenvalue weighted by atomic mass is 16.3. The average molecular weight is 406 g/mol. The van der Waals surface area contributed by atoms with Crippen LogP contribution in [0.25, 0.3) is 0 Å². The molecule has 8 atom stereocenters. The molecule has 28 heavy (non-hydrogen) atoms. The Bertz CT molecular complexity index is 369. The first-order valence-electron chi connectivity index (χ1n) is 11.2. The van der Waals surface area contributed by atoms with Crippen LogP contribution in [0.2, 0.25) is 0 Å². The van der Waals surface area contributed by atoms with Crippen LogP contribution in [0.15, 0.2) is 0 Å². The predicted octanol–water partition coefficient (Wildman–Crippen LogP) is 2.33. The Balaban J connectivity index is 3.98. The molecule has 0 radical (unpaired) electrons. The lowest BCUT2D eigenvalue weighted by Crippen LogP contribution is -2.34. The van der Waals surface area contributed by atoms with Gasteiger partial charge in [-0.15, -0.1) is 0 Å². The van der Waals surface area contributed by atoms with Crippen LogP contribution in [0, 0.1) is 11.8 Å². The van der Waals surface area contributed by atoms with E-state index >= 15 is 0 Å². The van der Waals surface area contributed by atoms with Crippen LogP contribution in [0.4, 0.5) is 0 Å². The third-order valence-corrected chi connectivity index (χ3v) is 5.75. The molecule has 0 aliphatic rings. The Hall–Kier alpha value is -0.240. The summed E-state index contributed by atoms with van der Waals surface area (Å²) in [7, 11) is 0. The molecule has 6 nitrogen and oxygen atoms in total. The Labute approximate surface area is 172 Å². The molecule has 0 amide bonds. The van der Waals surface area contributed by atoms with E-state index in [0.29, 0.717) is 25.7 Å². The summed E-state index contributed by atoms with van der Waals surface area (Å²) in [4.78, 5) is 0. The molecule has 0 aromatic rings. The highest BCUT2D eigenvalue weighted by Gasteiger charge is 2.25. The van der Waals surface area contributed by atoms with Gasteiger partial charge in [0.2, 0.25) is 0 Å². The summed E-state index contributed by atoms with van der Waals surface area (Å²) >= 11 is 0. The van der Waals surface area contributed by atoms with Gasteiger partial charge in [0.1, 0.15) is 0 Å². The Morgan fingerprint density at radius 1 is 0.679 bits per heavy atom. The van der Waals surface area contributed by atoms with E-state index in [0.717, 1.165) is 32.1 Å².